The summed E-state index contributed by atoms with van der Waals surface area (Å²) in [7, 11) is 0. The Labute approximate surface area is 105 Å². The van der Waals surface area contributed by atoms with E-state index in [0.717, 1.165) is 16.9 Å². The topological polar surface area (TPSA) is 59.7 Å². The van der Waals surface area contributed by atoms with E-state index in [9.17, 15) is 4.79 Å². The van der Waals surface area contributed by atoms with E-state index in [2.05, 4.69) is 0 Å². The van der Waals surface area contributed by atoms with Crippen LogP contribution in [0.3, 0.4) is 0 Å². The molecule has 2 aromatic rings. The van der Waals surface area contributed by atoms with Gasteiger partial charge in [0.15, 0.2) is 5.76 Å². The molecule has 0 aliphatic rings. The van der Waals surface area contributed by atoms with Gasteiger partial charge in [0.25, 0.3) is 0 Å². The van der Waals surface area contributed by atoms with Crippen LogP contribution in [0.25, 0.3) is 0 Å². The van der Waals surface area contributed by atoms with Crippen LogP contribution in [0.15, 0.2) is 34.9 Å². The first kappa shape index (κ1) is 12.2. The Hall–Kier alpha value is -2.23. The molecule has 0 radical (unpaired) electrons. The predicted octanol–water partition coefficient (Wildman–Crippen LogP) is 3.17. The van der Waals surface area contributed by atoms with E-state index in [1.807, 2.05) is 32.0 Å². The molecule has 1 aromatic carbocycles. The molecule has 4 nitrogen and oxygen atoms in total. The zero-order valence-corrected chi connectivity index (χ0v) is 10.3. The highest BCUT2D eigenvalue weighted by Crippen LogP contribution is 2.21. The Bertz CT molecular complexity index is 569. The Kier molecular flexibility index (Phi) is 3.37. The average Bonchev–Trinajstić information content (AvgIpc) is 2.76. The number of furan rings is 1. The molecule has 94 valence electrons. The van der Waals surface area contributed by atoms with Gasteiger partial charge in [-0.25, -0.2) is 4.79 Å². The summed E-state index contributed by atoms with van der Waals surface area (Å²) in [5.41, 5.74) is 2.31. The Morgan fingerprint density at radius 1 is 1.33 bits per heavy atom. The second-order valence-electron chi connectivity index (χ2n) is 4.12. The molecule has 0 amide bonds. The molecule has 1 N–H and O–H groups in total. The molecule has 1 aromatic heterocycles. The lowest BCUT2D eigenvalue weighted by Gasteiger charge is -2.08. The van der Waals surface area contributed by atoms with Gasteiger partial charge in [0.1, 0.15) is 17.9 Å². The largest absolute Gasteiger partial charge is 0.485 e. The summed E-state index contributed by atoms with van der Waals surface area (Å²) < 4.78 is 10.7. The Morgan fingerprint density at radius 3 is 2.78 bits per heavy atom. The molecule has 2 rings (SSSR count). The van der Waals surface area contributed by atoms with Crippen LogP contribution < -0.4 is 4.74 Å². The van der Waals surface area contributed by atoms with Gasteiger partial charge in [-0.1, -0.05) is 17.7 Å². The molecule has 0 atom stereocenters. The zero-order valence-electron chi connectivity index (χ0n) is 10.3. The fraction of sp³-hybridized carbons (Fsp3) is 0.214. The van der Waals surface area contributed by atoms with Gasteiger partial charge in [-0.2, -0.15) is 0 Å². The predicted molar refractivity (Wildman–Crippen MR) is 65.9 cm³/mol. The van der Waals surface area contributed by atoms with Crippen molar-refractivity contribution in [1.29, 1.82) is 0 Å². The fourth-order valence-electron chi connectivity index (χ4n) is 1.75. The molecule has 0 aliphatic heterocycles. The van der Waals surface area contributed by atoms with Crippen molar-refractivity contribution in [3.63, 3.8) is 0 Å². The van der Waals surface area contributed by atoms with Crippen molar-refractivity contribution in [3.8, 4) is 5.75 Å². The average molecular weight is 246 g/mol. The number of rotatable bonds is 4. The van der Waals surface area contributed by atoms with Crippen molar-refractivity contribution < 1.29 is 19.1 Å². The molecule has 4 heteroatoms. The van der Waals surface area contributed by atoms with Crippen LogP contribution in [0.1, 0.15) is 27.2 Å². The lowest BCUT2D eigenvalue weighted by atomic mass is 10.1. The van der Waals surface area contributed by atoms with Crippen LogP contribution in [0, 0.1) is 13.8 Å². The van der Waals surface area contributed by atoms with Gasteiger partial charge in [0, 0.05) is 0 Å². The van der Waals surface area contributed by atoms with Crippen LogP contribution in [0.4, 0.5) is 0 Å². The van der Waals surface area contributed by atoms with E-state index in [1.165, 1.54) is 12.3 Å². The first-order valence-electron chi connectivity index (χ1n) is 5.57. The van der Waals surface area contributed by atoms with Crippen LogP contribution in [-0.4, -0.2) is 11.1 Å². The molecular weight excluding hydrogens is 232 g/mol. The van der Waals surface area contributed by atoms with Crippen LogP contribution in [-0.2, 0) is 6.61 Å². The number of aromatic carboxylic acids is 1. The molecule has 1 heterocycles. The quantitative estimate of drug-likeness (QED) is 0.900. The van der Waals surface area contributed by atoms with Gasteiger partial charge >= 0.3 is 5.97 Å². The lowest BCUT2D eigenvalue weighted by molar-refractivity contribution is 0.0692. The maximum absolute atomic E-state index is 10.9. The molecule has 0 spiro atoms. The minimum atomic E-state index is -1.01. The number of hydrogen-bond acceptors (Lipinski definition) is 3. The second kappa shape index (κ2) is 4.96. The molecular formula is C14H14O4. The summed E-state index contributed by atoms with van der Waals surface area (Å²) in [6.45, 7) is 4.06. The van der Waals surface area contributed by atoms with E-state index >= 15 is 0 Å². The Morgan fingerprint density at radius 2 is 2.11 bits per heavy atom. The zero-order chi connectivity index (χ0) is 13.1. The summed E-state index contributed by atoms with van der Waals surface area (Å²) in [5.74, 6) is 0.0405. The summed E-state index contributed by atoms with van der Waals surface area (Å²) in [4.78, 5) is 10.9. The van der Waals surface area contributed by atoms with Gasteiger partial charge in [0.05, 0.1) is 6.26 Å². The second-order valence-corrected chi connectivity index (χ2v) is 4.12. The molecule has 0 bridgehead atoms. The maximum Gasteiger partial charge on any atom is 0.339 e. The van der Waals surface area contributed by atoms with E-state index in [-0.39, 0.29) is 12.2 Å². The van der Waals surface area contributed by atoms with Crippen molar-refractivity contribution in [3.05, 3.63) is 53.0 Å². The molecule has 0 saturated heterocycles. The third kappa shape index (κ3) is 2.53. The SMILES string of the molecule is Cc1ccc(OCc2occc2C(=O)O)c(C)c1. The monoisotopic (exact) mass is 246 g/mol. The normalized spacial score (nSPS) is 10.3. The summed E-state index contributed by atoms with van der Waals surface area (Å²) in [6, 6.07) is 7.25. The minimum absolute atomic E-state index is 0.110. The van der Waals surface area contributed by atoms with Gasteiger partial charge in [-0.05, 0) is 31.5 Å². The van der Waals surface area contributed by atoms with Gasteiger partial charge in [0.2, 0.25) is 0 Å². The lowest BCUT2D eigenvalue weighted by Crippen LogP contribution is -2.03. The number of aryl methyl sites for hydroxylation is 2. The van der Waals surface area contributed by atoms with Gasteiger partial charge in [-0.15, -0.1) is 0 Å². The third-order valence-electron chi connectivity index (χ3n) is 2.67. The van der Waals surface area contributed by atoms with Crippen molar-refractivity contribution in [2.45, 2.75) is 20.5 Å². The minimum Gasteiger partial charge on any atom is -0.485 e. The molecule has 0 unspecified atom stereocenters. The number of carboxylic acid groups (broad SMARTS) is 1. The highest BCUT2D eigenvalue weighted by atomic mass is 16.5. The highest BCUT2D eigenvalue weighted by molar-refractivity contribution is 5.88. The van der Waals surface area contributed by atoms with E-state index in [0.29, 0.717) is 5.76 Å². The fourth-order valence-corrected chi connectivity index (χ4v) is 1.75. The number of ether oxygens (including phenoxy) is 1. The summed E-state index contributed by atoms with van der Waals surface area (Å²) in [6.07, 6.45) is 1.35. The van der Waals surface area contributed by atoms with Crippen molar-refractivity contribution >= 4 is 5.97 Å². The van der Waals surface area contributed by atoms with E-state index < -0.39 is 5.97 Å². The van der Waals surface area contributed by atoms with E-state index in [4.69, 9.17) is 14.3 Å². The molecule has 18 heavy (non-hydrogen) atoms. The number of hydrogen-bond donors (Lipinski definition) is 1. The molecule has 0 saturated carbocycles. The van der Waals surface area contributed by atoms with Crippen LogP contribution in [0.5, 0.6) is 5.75 Å². The molecule has 0 aliphatic carbocycles. The van der Waals surface area contributed by atoms with Crippen molar-refractivity contribution in [1.82, 2.24) is 0 Å². The van der Waals surface area contributed by atoms with Crippen molar-refractivity contribution in [2.75, 3.05) is 0 Å². The molecule has 0 fully saturated rings. The van der Waals surface area contributed by atoms with Crippen molar-refractivity contribution in [2.24, 2.45) is 0 Å². The summed E-state index contributed by atoms with van der Waals surface area (Å²) in [5, 5.41) is 8.93. The number of benzene rings is 1. The highest BCUT2D eigenvalue weighted by Gasteiger charge is 2.14. The third-order valence-corrected chi connectivity index (χ3v) is 2.67. The first-order chi connectivity index (χ1) is 8.58. The summed E-state index contributed by atoms with van der Waals surface area (Å²) >= 11 is 0. The first-order valence-corrected chi connectivity index (χ1v) is 5.57. The smallest absolute Gasteiger partial charge is 0.339 e. The van der Waals surface area contributed by atoms with Gasteiger partial charge < -0.3 is 14.3 Å². The standard InChI is InChI=1S/C14H14O4/c1-9-3-4-12(10(2)7-9)18-8-13-11(14(15)16)5-6-17-13/h3-7H,8H2,1-2H3,(H,15,16). The van der Waals surface area contributed by atoms with Gasteiger partial charge in [-0.3, -0.25) is 0 Å². The number of carbonyl (C=O) groups is 1. The Balaban J connectivity index is 2.11. The van der Waals surface area contributed by atoms with E-state index in [1.54, 1.807) is 0 Å². The van der Waals surface area contributed by atoms with Crippen LogP contribution >= 0.6 is 0 Å². The maximum atomic E-state index is 10.9. The number of carboxylic acids is 1. The van der Waals surface area contributed by atoms with Crippen LogP contribution in [0.2, 0.25) is 0 Å².